The molecule has 13 heavy (non-hydrogen) atoms. The van der Waals surface area contributed by atoms with Crippen molar-refractivity contribution in [3.05, 3.63) is 0 Å². The normalized spacial score (nSPS) is 62.3. The van der Waals surface area contributed by atoms with Gasteiger partial charge in [0.2, 0.25) is 0 Å². The van der Waals surface area contributed by atoms with E-state index in [1.807, 2.05) is 0 Å². The maximum Gasteiger partial charge on any atom is -0.0139 e. The summed E-state index contributed by atoms with van der Waals surface area (Å²) in [7, 11) is 0. The van der Waals surface area contributed by atoms with E-state index in [0.29, 0.717) is 0 Å². The second-order valence-corrected chi connectivity index (χ2v) is 6.16. The van der Waals surface area contributed by atoms with Crippen molar-refractivity contribution in [1.82, 2.24) is 0 Å². The van der Waals surface area contributed by atoms with E-state index in [-0.39, 0.29) is 0 Å². The van der Waals surface area contributed by atoms with Gasteiger partial charge in [-0.25, -0.2) is 0 Å². The van der Waals surface area contributed by atoms with Gasteiger partial charge in [-0.2, -0.15) is 0 Å². The first-order chi connectivity index (χ1) is 6.11. The largest absolute Gasteiger partial charge is 0.0654 e. The minimum Gasteiger partial charge on any atom is -0.0654 e. The molecule has 3 aliphatic rings. The zero-order valence-corrected chi connectivity index (χ0v) is 9.43. The lowest BCUT2D eigenvalue weighted by atomic mass is 9.92. The zero-order valence-electron chi connectivity index (χ0n) is 9.43. The summed E-state index contributed by atoms with van der Waals surface area (Å²) in [4.78, 5) is 0. The Kier molecular flexibility index (Phi) is 1.27. The van der Waals surface area contributed by atoms with Crippen LogP contribution < -0.4 is 0 Å². The summed E-state index contributed by atoms with van der Waals surface area (Å²) in [5.74, 6) is 4.42. The molecule has 74 valence electrons. The van der Waals surface area contributed by atoms with Gasteiger partial charge >= 0.3 is 0 Å². The molecule has 0 aromatic heterocycles. The van der Waals surface area contributed by atoms with Gasteiger partial charge in [-0.1, -0.05) is 40.5 Å². The van der Waals surface area contributed by atoms with Gasteiger partial charge in [-0.05, 0) is 40.9 Å². The fourth-order valence-electron chi connectivity index (χ4n) is 5.14. The molecule has 6 atom stereocenters. The van der Waals surface area contributed by atoms with Crippen LogP contribution in [-0.4, -0.2) is 0 Å². The zero-order chi connectivity index (χ0) is 9.43. The first-order valence-corrected chi connectivity index (χ1v) is 6.11. The Bertz CT molecular complexity index is 257. The molecule has 0 bridgehead atoms. The number of rotatable bonds is 4. The van der Waals surface area contributed by atoms with Crippen LogP contribution in [0.3, 0.4) is 0 Å². The van der Waals surface area contributed by atoms with Crippen LogP contribution in [0.1, 0.15) is 47.0 Å². The number of fused-ring (bicyclic) bond motifs is 1. The molecule has 0 aromatic rings. The molecule has 0 amide bonds. The summed E-state index contributed by atoms with van der Waals surface area (Å²) in [6.07, 6.45) is 4.35. The van der Waals surface area contributed by atoms with Crippen LogP contribution in [0.4, 0.5) is 0 Å². The van der Waals surface area contributed by atoms with Gasteiger partial charge in [-0.15, -0.1) is 0 Å². The molecule has 6 unspecified atom stereocenters. The SMILES string of the molecule is CCCC(C)CC1C2(C)C3C(C)C132. The van der Waals surface area contributed by atoms with Gasteiger partial charge in [0, 0.05) is 0 Å². The van der Waals surface area contributed by atoms with Crippen LogP contribution in [-0.2, 0) is 0 Å². The third-order valence-electron chi connectivity index (χ3n) is 5.79. The maximum atomic E-state index is 2.54. The first-order valence-electron chi connectivity index (χ1n) is 6.11. The average molecular weight is 178 g/mol. The minimum atomic E-state index is 0.869. The predicted molar refractivity (Wildman–Crippen MR) is 55.4 cm³/mol. The van der Waals surface area contributed by atoms with Crippen LogP contribution >= 0.6 is 0 Å². The Balaban J connectivity index is 1.55. The molecule has 0 aliphatic heterocycles. The summed E-state index contributed by atoms with van der Waals surface area (Å²) < 4.78 is 0. The van der Waals surface area contributed by atoms with Crippen molar-refractivity contribution in [3.8, 4) is 0 Å². The molecule has 0 heteroatoms. The summed E-state index contributed by atoms with van der Waals surface area (Å²) in [6.45, 7) is 9.77. The van der Waals surface area contributed by atoms with Gasteiger partial charge in [-0.3, -0.25) is 0 Å². The van der Waals surface area contributed by atoms with Crippen LogP contribution in [0.5, 0.6) is 0 Å². The summed E-state index contributed by atoms with van der Waals surface area (Å²) in [5.41, 5.74) is 1.80. The summed E-state index contributed by atoms with van der Waals surface area (Å²) in [6, 6.07) is 0. The smallest absolute Gasteiger partial charge is 0.0139 e. The number of hydrogen-bond acceptors (Lipinski definition) is 0. The molecule has 0 radical (unpaired) electrons. The van der Waals surface area contributed by atoms with E-state index in [4.69, 9.17) is 0 Å². The number of hydrogen-bond donors (Lipinski definition) is 0. The topological polar surface area (TPSA) is 0 Å². The Morgan fingerprint density at radius 1 is 1.38 bits per heavy atom. The molecule has 0 nitrogen and oxygen atoms in total. The highest BCUT2D eigenvalue weighted by Crippen LogP contribution is 3.11. The molecule has 0 saturated heterocycles. The Hall–Kier alpha value is 0. The maximum absolute atomic E-state index is 2.54. The van der Waals surface area contributed by atoms with Crippen molar-refractivity contribution < 1.29 is 0 Å². The third-order valence-corrected chi connectivity index (χ3v) is 5.79. The fraction of sp³-hybridized carbons (Fsp3) is 1.00. The molecule has 3 rings (SSSR count). The Morgan fingerprint density at radius 2 is 2.08 bits per heavy atom. The molecule has 3 saturated carbocycles. The highest BCUT2D eigenvalue weighted by atomic mass is 15.1. The molecule has 0 N–H and O–H groups in total. The van der Waals surface area contributed by atoms with Gasteiger partial charge in [0.15, 0.2) is 0 Å². The monoisotopic (exact) mass is 178 g/mol. The highest BCUT2D eigenvalue weighted by molar-refractivity contribution is 5.54. The van der Waals surface area contributed by atoms with Crippen LogP contribution in [0.25, 0.3) is 0 Å². The van der Waals surface area contributed by atoms with E-state index in [9.17, 15) is 0 Å². The van der Waals surface area contributed by atoms with Crippen molar-refractivity contribution >= 4 is 0 Å². The van der Waals surface area contributed by atoms with Crippen LogP contribution in [0.2, 0.25) is 0 Å². The van der Waals surface area contributed by atoms with Gasteiger partial charge < -0.3 is 0 Å². The third kappa shape index (κ3) is 0.620. The predicted octanol–water partition coefficient (Wildman–Crippen LogP) is 3.71. The molecule has 0 aromatic carbocycles. The molecule has 3 fully saturated rings. The first kappa shape index (κ1) is 8.32. The molecular weight excluding hydrogens is 156 g/mol. The van der Waals surface area contributed by atoms with Crippen molar-refractivity contribution in [2.45, 2.75) is 47.0 Å². The lowest BCUT2D eigenvalue weighted by molar-refractivity contribution is 0.366. The standard InChI is InChI=1S/C13H22/c1-5-6-8(2)7-10-12(4)11-9(3)13(10,11)12/h8-11H,5-7H2,1-4H3. The molecule has 3 aliphatic carbocycles. The van der Waals surface area contributed by atoms with Crippen molar-refractivity contribution in [1.29, 1.82) is 0 Å². The van der Waals surface area contributed by atoms with E-state index in [1.54, 1.807) is 0 Å². The minimum absolute atomic E-state index is 0.869. The quantitative estimate of drug-likeness (QED) is 0.615. The van der Waals surface area contributed by atoms with E-state index in [2.05, 4.69) is 27.7 Å². The van der Waals surface area contributed by atoms with Crippen molar-refractivity contribution in [3.63, 3.8) is 0 Å². The van der Waals surface area contributed by atoms with Gasteiger partial charge in [0.25, 0.3) is 0 Å². The second kappa shape index (κ2) is 1.99. The van der Waals surface area contributed by atoms with Gasteiger partial charge in [0.05, 0.1) is 0 Å². The lowest BCUT2D eigenvalue weighted by Gasteiger charge is -2.13. The van der Waals surface area contributed by atoms with E-state index < -0.39 is 0 Å². The van der Waals surface area contributed by atoms with Crippen molar-refractivity contribution in [2.24, 2.45) is 34.5 Å². The van der Waals surface area contributed by atoms with E-state index in [0.717, 1.165) is 28.6 Å². The molecule has 0 heterocycles. The summed E-state index contributed by atoms with van der Waals surface area (Å²) in [5, 5.41) is 0. The van der Waals surface area contributed by atoms with Crippen LogP contribution in [0, 0.1) is 34.5 Å². The van der Waals surface area contributed by atoms with Gasteiger partial charge in [0.1, 0.15) is 0 Å². The lowest BCUT2D eigenvalue weighted by Crippen LogP contribution is -2.04. The Morgan fingerprint density at radius 3 is 2.46 bits per heavy atom. The van der Waals surface area contributed by atoms with E-state index in [1.165, 1.54) is 25.2 Å². The molecule has 1 spiro atoms. The highest BCUT2D eigenvalue weighted by Gasteiger charge is 3.08. The van der Waals surface area contributed by atoms with Crippen LogP contribution in [0.15, 0.2) is 0 Å². The summed E-state index contributed by atoms with van der Waals surface area (Å²) >= 11 is 0. The fourth-order valence-corrected chi connectivity index (χ4v) is 5.14. The molecular formula is C13H22. The average Bonchev–Trinajstić information content (AvgIpc) is 2.94. The van der Waals surface area contributed by atoms with E-state index >= 15 is 0 Å². The Labute approximate surface area is 82.1 Å². The second-order valence-electron chi connectivity index (χ2n) is 6.16. The van der Waals surface area contributed by atoms with Crippen molar-refractivity contribution in [2.75, 3.05) is 0 Å².